The fourth-order valence-electron chi connectivity index (χ4n) is 4.08. The van der Waals surface area contributed by atoms with Gasteiger partial charge in [0.15, 0.2) is 11.5 Å². The number of unbranched alkanes of at least 4 members (excludes halogenated alkanes) is 2. The minimum absolute atomic E-state index is 0.0979. The number of anilines is 1. The maximum Gasteiger partial charge on any atom is 0.256 e. The summed E-state index contributed by atoms with van der Waals surface area (Å²) in [5, 5.41) is 3.94. The molecule has 0 bridgehead atoms. The van der Waals surface area contributed by atoms with Crippen molar-refractivity contribution in [1.82, 2.24) is 4.90 Å². The Balaban J connectivity index is 1.57. The number of methoxy groups -OCH3 is 1. The number of amides is 2. The van der Waals surface area contributed by atoms with Gasteiger partial charge in [-0.1, -0.05) is 15.9 Å². The van der Waals surface area contributed by atoms with Crippen molar-refractivity contribution in [3.63, 3.8) is 0 Å². The molecule has 2 fully saturated rings. The largest absolute Gasteiger partial charge is 0.493 e. The molecule has 0 aromatic heterocycles. The summed E-state index contributed by atoms with van der Waals surface area (Å²) in [5.41, 5.74) is 1.17. The molecule has 4 rings (SSSR count). The molecule has 3 aliphatic rings. The highest BCUT2D eigenvalue weighted by atomic mass is 79.9. The van der Waals surface area contributed by atoms with Crippen LogP contribution in [0.2, 0.25) is 0 Å². The zero-order chi connectivity index (χ0) is 19.0. The number of carbonyl (C=O) groups excluding carboxylic acids is 2. The first-order valence-electron chi connectivity index (χ1n) is 9.59. The lowest BCUT2D eigenvalue weighted by molar-refractivity contribution is -0.119. The Morgan fingerprint density at radius 2 is 2.04 bits per heavy atom. The fourth-order valence-corrected chi connectivity index (χ4v) is 4.48. The molecule has 1 atom stereocenters. The summed E-state index contributed by atoms with van der Waals surface area (Å²) in [4.78, 5) is 27.6. The highest BCUT2D eigenvalue weighted by molar-refractivity contribution is 9.09. The molecule has 146 valence electrons. The zero-order valence-electron chi connectivity index (χ0n) is 15.6. The molecule has 1 N–H and O–H groups in total. The average molecular weight is 437 g/mol. The first-order chi connectivity index (χ1) is 13.1. The minimum atomic E-state index is -0.369. The Kier molecular flexibility index (Phi) is 5.05. The Morgan fingerprint density at radius 1 is 1.22 bits per heavy atom. The zero-order valence-corrected chi connectivity index (χ0v) is 17.1. The first kappa shape index (κ1) is 18.6. The van der Waals surface area contributed by atoms with Crippen LogP contribution in [-0.2, 0) is 4.79 Å². The van der Waals surface area contributed by atoms with E-state index in [4.69, 9.17) is 9.47 Å². The van der Waals surface area contributed by atoms with E-state index in [-0.39, 0.29) is 23.3 Å². The number of nitrogens with one attached hydrogen (secondary N) is 1. The van der Waals surface area contributed by atoms with Gasteiger partial charge in [-0.05, 0) is 50.0 Å². The molecule has 27 heavy (non-hydrogen) atoms. The number of rotatable bonds is 7. The maximum atomic E-state index is 13.1. The molecule has 1 unspecified atom stereocenters. The highest BCUT2D eigenvalue weighted by Gasteiger charge is 2.56. The average Bonchev–Trinajstić information content (AvgIpc) is 3.32. The Bertz CT molecular complexity index is 763. The van der Waals surface area contributed by atoms with Crippen molar-refractivity contribution in [2.75, 3.05) is 30.9 Å². The van der Waals surface area contributed by atoms with E-state index in [1.165, 1.54) is 0 Å². The van der Waals surface area contributed by atoms with Gasteiger partial charge in [-0.15, -0.1) is 0 Å². The number of carbonyl (C=O) groups is 2. The van der Waals surface area contributed by atoms with Gasteiger partial charge in [0.2, 0.25) is 5.91 Å². The Morgan fingerprint density at radius 3 is 2.74 bits per heavy atom. The lowest BCUT2D eigenvalue weighted by Crippen LogP contribution is -2.40. The summed E-state index contributed by atoms with van der Waals surface area (Å²) < 4.78 is 11.3. The maximum absolute atomic E-state index is 13.1. The van der Waals surface area contributed by atoms with Gasteiger partial charge in [0.05, 0.1) is 25.0 Å². The molecular formula is C20H25BrN2O4. The van der Waals surface area contributed by atoms with E-state index >= 15 is 0 Å². The Labute approximate surface area is 167 Å². The van der Waals surface area contributed by atoms with E-state index < -0.39 is 0 Å². The quantitative estimate of drug-likeness (QED) is 0.523. The monoisotopic (exact) mass is 436 g/mol. The molecule has 2 heterocycles. The third-order valence-corrected chi connectivity index (χ3v) is 6.42. The van der Waals surface area contributed by atoms with E-state index in [0.29, 0.717) is 35.9 Å². The van der Waals surface area contributed by atoms with E-state index in [2.05, 4.69) is 21.2 Å². The van der Waals surface area contributed by atoms with Crippen molar-refractivity contribution in [2.45, 2.75) is 44.6 Å². The third-order valence-electron chi connectivity index (χ3n) is 5.86. The van der Waals surface area contributed by atoms with Crippen LogP contribution in [0.3, 0.4) is 0 Å². The van der Waals surface area contributed by atoms with Crippen LogP contribution in [0.25, 0.3) is 0 Å². The number of hydrogen-bond acceptors (Lipinski definition) is 4. The molecule has 1 aliphatic carbocycles. The SMILES string of the molecule is COc1cc2c(cc1OCCCCCBr)NC(=O)C1CC3(CC3)CN1C2=O. The standard InChI is InChI=1S/C20H25BrN2O4/c1-26-16-9-13-14(10-17(16)27-8-4-2-3-7-21)22-18(24)15-11-20(5-6-20)12-23(15)19(13)25/h9-10,15H,2-8,11-12H2,1H3,(H,22,24). The topological polar surface area (TPSA) is 67.9 Å². The number of ether oxygens (including phenoxy) is 2. The third kappa shape index (κ3) is 3.53. The van der Waals surface area contributed by atoms with Crippen LogP contribution in [0.5, 0.6) is 11.5 Å². The van der Waals surface area contributed by atoms with Gasteiger partial charge in [-0.25, -0.2) is 0 Å². The summed E-state index contributed by atoms with van der Waals surface area (Å²) in [7, 11) is 1.57. The normalized spacial score (nSPS) is 22.1. The lowest BCUT2D eigenvalue weighted by Gasteiger charge is -2.20. The predicted octanol–water partition coefficient (Wildman–Crippen LogP) is 3.59. The van der Waals surface area contributed by atoms with Crippen LogP contribution < -0.4 is 14.8 Å². The van der Waals surface area contributed by atoms with Gasteiger partial charge in [0.25, 0.3) is 5.91 Å². The van der Waals surface area contributed by atoms with Gasteiger partial charge in [0.1, 0.15) is 6.04 Å². The second-order valence-corrected chi connectivity index (χ2v) is 8.58. The van der Waals surface area contributed by atoms with Crippen molar-refractivity contribution >= 4 is 33.4 Å². The summed E-state index contributed by atoms with van der Waals surface area (Å²) >= 11 is 3.42. The van der Waals surface area contributed by atoms with E-state index in [1.54, 1.807) is 24.1 Å². The molecule has 1 saturated carbocycles. The van der Waals surface area contributed by atoms with Gasteiger partial charge >= 0.3 is 0 Å². The number of hydrogen-bond donors (Lipinski definition) is 1. The molecule has 2 aliphatic heterocycles. The molecular weight excluding hydrogens is 412 g/mol. The van der Waals surface area contributed by atoms with Crippen LogP contribution >= 0.6 is 15.9 Å². The highest BCUT2D eigenvalue weighted by Crippen LogP contribution is 2.55. The van der Waals surface area contributed by atoms with Gasteiger partial charge in [-0.2, -0.15) is 0 Å². The Hall–Kier alpha value is -1.76. The number of fused-ring (bicyclic) bond motifs is 2. The van der Waals surface area contributed by atoms with Crippen LogP contribution in [-0.4, -0.2) is 48.3 Å². The number of benzene rings is 1. The van der Waals surface area contributed by atoms with E-state index in [1.807, 2.05) is 0 Å². The minimum Gasteiger partial charge on any atom is -0.493 e. The molecule has 1 aromatic carbocycles. The second-order valence-electron chi connectivity index (χ2n) is 7.79. The number of alkyl halides is 1. The number of nitrogens with zero attached hydrogens (tertiary/aromatic N) is 1. The van der Waals surface area contributed by atoms with Gasteiger partial charge in [0, 0.05) is 17.9 Å². The van der Waals surface area contributed by atoms with Gasteiger partial charge < -0.3 is 19.7 Å². The summed E-state index contributed by atoms with van der Waals surface area (Å²) in [6.07, 6.45) is 6.11. The van der Waals surface area contributed by atoms with Crippen molar-refractivity contribution in [3.05, 3.63) is 17.7 Å². The van der Waals surface area contributed by atoms with Crippen molar-refractivity contribution in [2.24, 2.45) is 5.41 Å². The van der Waals surface area contributed by atoms with Crippen molar-refractivity contribution < 1.29 is 19.1 Å². The van der Waals surface area contributed by atoms with Crippen molar-refractivity contribution in [1.29, 1.82) is 0 Å². The molecule has 2 amide bonds. The van der Waals surface area contributed by atoms with Crippen LogP contribution in [0.15, 0.2) is 12.1 Å². The fraction of sp³-hybridized carbons (Fsp3) is 0.600. The van der Waals surface area contributed by atoms with Crippen LogP contribution in [0.4, 0.5) is 5.69 Å². The molecule has 6 nitrogen and oxygen atoms in total. The lowest BCUT2D eigenvalue weighted by atomic mass is 10.0. The smallest absolute Gasteiger partial charge is 0.256 e. The van der Waals surface area contributed by atoms with Crippen LogP contribution in [0, 0.1) is 5.41 Å². The summed E-state index contributed by atoms with van der Waals surface area (Å²) in [6.45, 7) is 1.25. The molecule has 1 aromatic rings. The van der Waals surface area contributed by atoms with E-state index in [9.17, 15) is 9.59 Å². The summed E-state index contributed by atoms with van der Waals surface area (Å²) in [5.74, 6) is 0.887. The predicted molar refractivity (Wildman–Crippen MR) is 106 cm³/mol. The van der Waals surface area contributed by atoms with Gasteiger partial charge in [-0.3, -0.25) is 9.59 Å². The molecule has 7 heteroatoms. The second kappa shape index (κ2) is 7.34. The molecule has 0 radical (unpaired) electrons. The van der Waals surface area contributed by atoms with E-state index in [0.717, 1.165) is 43.9 Å². The van der Waals surface area contributed by atoms with Crippen LogP contribution in [0.1, 0.15) is 48.9 Å². The molecule has 1 spiro atoms. The van der Waals surface area contributed by atoms with Crippen molar-refractivity contribution in [3.8, 4) is 11.5 Å². The first-order valence-corrected chi connectivity index (χ1v) is 10.7. The molecule has 1 saturated heterocycles. The number of halogens is 1. The summed E-state index contributed by atoms with van der Waals surface area (Å²) in [6, 6.07) is 3.06.